The maximum Gasteiger partial charge on any atom is 0.347 e. The van der Waals surface area contributed by atoms with Crippen LogP contribution in [0.3, 0.4) is 0 Å². The van der Waals surface area contributed by atoms with Gasteiger partial charge in [-0.25, -0.2) is 4.79 Å². The van der Waals surface area contributed by atoms with Crippen molar-refractivity contribution in [1.82, 2.24) is 0 Å². The molecule has 0 saturated carbocycles. The quantitative estimate of drug-likeness (QED) is 0.0459. The number of phenols is 2. The van der Waals surface area contributed by atoms with Crippen LogP contribution in [0.5, 0.6) is 17.2 Å². The van der Waals surface area contributed by atoms with Gasteiger partial charge in [0.15, 0.2) is 11.5 Å². The summed E-state index contributed by atoms with van der Waals surface area (Å²) in [7, 11) is 0. The SMILES string of the molecule is CCCCCCCCCCCCCCCCc1cccc(OC(=O)c2cccc(CCCCCCCCCCCCCCCC)c2O)c1O. The van der Waals surface area contributed by atoms with Gasteiger partial charge in [0.25, 0.3) is 0 Å². The smallest absolute Gasteiger partial charge is 0.347 e. The van der Waals surface area contributed by atoms with Crippen LogP contribution < -0.4 is 4.74 Å². The Morgan fingerprint density at radius 3 is 1.16 bits per heavy atom. The highest BCUT2D eigenvalue weighted by Gasteiger charge is 2.19. The van der Waals surface area contributed by atoms with Crippen LogP contribution >= 0.6 is 0 Å². The molecule has 2 aromatic carbocycles. The molecule has 0 aliphatic rings. The van der Waals surface area contributed by atoms with Gasteiger partial charge in [-0.2, -0.15) is 0 Å². The van der Waals surface area contributed by atoms with E-state index < -0.39 is 5.97 Å². The van der Waals surface area contributed by atoms with Crippen molar-refractivity contribution in [3.63, 3.8) is 0 Å². The Morgan fingerprint density at radius 2 is 0.776 bits per heavy atom. The normalized spacial score (nSPS) is 11.3. The molecule has 4 heteroatoms. The fourth-order valence-electron chi connectivity index (χ4n) is 6.98. The molecular formula is C45H74O4. The summed E-state index contributed by atoms with van der Waals surface area (Å²) in [4.78, 5) is 13.1. The molecule has 0 atom stereocenters. The Morgan fingerprint density at radius 1 is 0.449 bits per heavy atom. The van der Waals surface area contributed by atoms with Crippen LogP contribution in [0, 0.1) is 0 Å². The second kappa shape index (κ2) is 29.3. The van der Waals surface area contributed by atoms with E-state index in [0.717, 1.165) is 49.7 Å². The second-order valence-electron chi connectivity index (χ2n) is 14.7. The molecule has 0 saturated heterocycles. The molecule has 0 radical (unpaired) electrons. The Kier molecular flexibility index (Phi) is 25.5. The van der Waals surface area contributed by atoms with Crippen LogP contribution in [-0.2, 0) is 12.8 Å². The van der Waals surface area contributed by atoms with Gasteiger partial charge in [-0.15, -0.1) is 0 Å². The number of aryl methyl sites for hydroxylation is 2. The molecule has 278 valence electrons. The van der Waals surface area contributed by atoms with E-state index in [-0.39, 0.29) is 22.8 Å². The fraction of sp³-hybridized carbons (Fsp3) is 0.711. The number of carbonyl (C=O) groups excluding carboxylic acids is 1. The van der Waals surface area contributed by atoms with Crippen molar-refractivity contribution in [1.29, 1.82) is 0 Å². The zero-order valence-corrected chi connectivity index (χ0v) is 31.9. The topological polar surface area (TPSA) is 66.8 Å². The van der Waals surface area contributed by atoms with Crippen molar-refractivity contribution < 1.29 is 19.7 Å². The van der Waals surface area contributed by atoms with Crippen LogP contribution in [0.2, 0.25) is 0 Å². The number of carbonyl (C=O) groups is 1. The molecule has 2 rings (SSSR count). The van der Waals surface area contributed by atoms with Crippen molar-refractivity contribution in [2.45, 2.75) is 206 Å². The minimum absolute atomic E-state index is 0.000229. The van der Waals surface area contributed by atoms with Gasteiger partial charge in [0.05, 0.1) is 0 Å². The number of ether oxygens (including phenoxy) is 1. The summed E-state index contributed by atoms with van der Waals surface area (Å²) >= 11 is 0. The van der Waals surface area contributed by atoms with Gasteiger partial charge in [0.2, 0.25) is 0 Å². The number of esters is 1. The average Bonchev–Trinajstić information content (AvgIpc) is 3.10. The lowest BCUT2D eigenvalue weighted by atomic mass is 10.0. The molecule has 0 spiro atoms. The zero-order valence-electron chi connectivity index (χ0n) is 31.9. The first kappa shape index (κ1) is 42.7. The molecule has 0 aromatic heterocycles. The van der Waals surface area contributed by atoms with E-state index in [1.807, 2.05) is 18.2 Å². The number of aromatic hydroxyl groups is 2. The van der Waals surface area contributed by atoms with E-state index in [1.54, 1.807) is 18.2 Å². The summed E-state index contributed by atoms with van der Waals surface area (Å²) in [5, 5.41) is 21.8. The van der Waals surface area contributed by atoms with E-state index in [9.17, 15) is 15.0 Å². The van der Waals surface area contributed by atoms with E-state index in [2.05, 4.69) is 13.8 Å². The van der Waals surface area contributed by atoms with Gasteiger partial charge in [-0.3, -0.25) is 0 Å². The summed E-state index contributed by atoms with van der Waals surface area (Å²) in [6, 6.07) is 10.7. The third-order valence-corrected chi connectivity index (χ3v) is 10.2. The van der Waals surface area contributed by atoms with Crippen LogP contribution in [0.25, 0.3) is 0 Å². The van der Waals surface area contributed by atoms with Gasteiger partial charge < -0.3 is 14.9 Å². The summed E-state index contributed by atoms with van der Waals surface area (Å²) < 4.78 is 5.61. The molecule has 2 N–H and O–H groups in total. The Bertz CT molecular complexity index is 1090. The molecule has 4 nitrogen and oxygen atoms in total. The van der Waals surface area contributed by atoms with Gasteiger partial charge in [0, 0.05) is 0 Å². The van der Waals surface area contributed by atoms with E-state index in [1.165, 1.54) is 154 Å². The van der Waals surface area contributed by atoms with Crippen LogP contribution in [-0.4, -0.2) is 16.2 Å². The third-order valence-electron chi connectivity index (χ3n) is 10.2. The van der Waals surface area contributed by atoms with Crippen molar-refractivity contribution in [3.05, 3.63) is 53.1 Å². The van der Waals surface area contributed by atoms with Gasteiger partial charge in [-0.05, 0) is 48.9 Å². The fourth-order valence-corrected chi connectivity index (χ4v) is 6.98. The monoisotopic (exact) mass is 679 g/mol. The standard InChI is InChI=1S/C45H74O4/c1-3-5-7-9-11-13-15-17-19-21-23-25-27-29-33-39-35-31-37-41(43(39)46)45(48)49-42-38-32-36-40(44(42)47)34-30-28-26-24-22-20-18-16-14-12-10-8-6-4-2/h31-32,35-38,46-47H,3-30,33-34H2,1-2H3. The number of hydrogen-bond acceptors (Lipinski definition) is 4. The minimum Gasteiger partial charge on any atom is -0.507 e. The summed E-state index contributed by atoms with van der Waals surface area (Å²) in [6.45, 7) is 4.55. The van der Waals surface area contributed by atoms with Gasteiger partial charge in [0.1, 0.15) is 11.3 Å². The molecule has 49 heavy (non-hydrogen) atoms. The van der Waals surface area contributed by atoms with Gasteiger partial charge in [-0.1, -0.05) is 205 Å². The molecule has 0 fully saturated rings. The number of hydrogen-bond donors (Lipinski definition) is 2. The van der Waals surface area contributed by atoms with E-state index >= 15 is 0 Å². The highest BCUT2D eigenvalue weighted by molar-refractivity contribution is 5.94. The molecule has 0 amide bonds. The average molecular weight is 679 g/mol. The van der Waals surface area contributed by atoms with Crippen molar-refractivity contribution in [2.75, 3.05) is 0 Å². The Labute approximate surface area is 301 Å². The second-order valence-corrected chi connectivity index (χ2v) is 14.7. The molecule has 0 aliphatic carbocycles. The number of para-hydroxylation sites is 2. The lowest BCUT2D eigenvalue weighted by Crippen LogP contribution is -2.10. The molecular weight excluding hydrogens is 604 g/mol. The zero-order chi connectivity index (χ0) is 35.2. The highest BCUT2D eigenvalue weighted by Crippen LogP contribution is 2.33. The number of benzene rings is 2. The number of rotatable bonds is 32. The maximum atomic E-state index is 13.1. The van der Waals surface area contributed by atoms with Gasteiger partial charge >= 0.3 is 5.97 Å². The first-order valence-corrected chi connectivity index (χ1v) is 20.9. The molecule has 0 aliphatic heterocycles. The van der Waals surface area contributed by atoms with Crippen LogP contribution in [0.4, 0.5) is 0 Å². The lowest BCUT2D eigenvalue weighted by molar-refractivity contribution is 0.0726. The van der Waals surface area contributed by atoms with Crippen molar-refractivity contribution >= 4 is 5.97 Å². The number of unbranched alkanes of at least 4 members (excludes halogenated alkanes) is 26. The summed E-state index contributed by atoms with van der Waals surface area (Å²) in [5.74, 6) is -0.447. The third kappa shape index (κ3) is 20.1. The van der Waals surface area contributed by atoms with Crippen LogP contribution in [0.1, 0.15) is 215 Å². The Hall–Kier alpha value is -2.49. The molecule has 0 bridgehead atoms. The van der Waals surface area contributed by atoms with Crippen molar-refractivity contribution in [3.8, 4) is 17.2 Å². The van der Waals surface area contributed by atoms with E-state index in [4.69, 9.17) is 4.74 Å². The summed E-state index contributed by atoms with van der Waals surface area (Å²) in [6.07, 6.45) is 38.2. The minimum atomic E-state index is -0.635. The first-order chi connectivity index (χ1) is 24.1. The lowest BCUT2D eigenvalue weighted by Gasteiger charge is -2.12. The highest BCUT2D eigenvalue weighted by atomic mass is 16.5. The summed E-state index contributed by atoms with van der Waals surface area (Å²) in [5.41, 5.74) is 1.74. The Balaban J connectivity index is 1.61. The molecule has 0 heterocycles. The number of phenolic OH excluding ortho intramolecular Hbond substituents is 2. The van der Waals surface area contributed by atoms with E-state index in [0.29, 0.717) is 0 Å². The van der Waals surface area contributed by atoms with Crippen molar-refractivity contribution in [2.24, 2.45) is 0 Å². The molecule has 0 unspecified atom stereocenters. The first-order valence-electron chi connectivity index (χ1n) is 20.9. The largest absolute Gasteiger partial charge is 0.507 e. The predicted molar refractivity (Wildman–Crippen MR) is 209 cm³/mol. The predicted octanol–water partition coefficient (Wildman–Crippen LogP) is 14.4. The molecule has 2 aromatic rings. The maximum absolute atomic E-state index is 13.1. The van der Waals surface area contributed by atoms with Crippen LogP contribution in [0.15, 0.2) is 36.4 Å².